The fraction of sp³-hybridized carbons (Fsp3) is 0.700. The number of nitrogens with zero attached hydrogens (tertiary/aromatic N) is 1. The van der Waals surface area contributed by atoms with Crippen molar-refractivity contribution in [1.29, 1.82) is 0 Å². The van der Waals surface area contributed by atoms with Crippen LogP contribution in [-0.4, -0.2) is 27.8 Å². The van der Waals surface area contributed by atoms with E-state index in [0.29, 0.717) is 0 Å². The highest BCUT2D eigenvalue weighted by atomic mass is 16.2. The molecule has 1 aromatic heterocycles. The van der Waals surface area contributed by atoms with Gasteiger partial charge in [-0.2, -0.15) is 0 Å². The van der Waals surface area contributed by atoms with Gasteiger partial charge in [0.1, 0.15) is 17.4 Å². The Morgan fingerprint density at radius 1 is 1.19 bits per heavy atom. The number of amides is 2. The van der Waals surface area contributed by atoms with Crippen LogP contribution in [0.15, 0.2) is 11.0 Å². The lowest BCUT2D eigenvalue weighted by molar-refractivity contribution is -0.120. The number of aromatic nitrogens is 2. The van der Waals surface area contributed by atoms with Gasteiger partial charge in [0.2, 0.25) is 5.91 Å². The summed E-state index contributed by atoms with van der Waals surface area (Å²) < 4.78 is 0. The van der Waals surface area contributed by atoms with E-state index < -0.39 is 23.4 Å². The van der Waals surface area contributed by atoms with Crippen LogP contribution in [0.3, 0.4) is 0 Å². The van der Waals surface area contributed by atoms with E-state index in [2.05, 4.69) is 15.3 Å². The fourth-order valence-corrected chi connectivity index (χ4v) is 6.01. The molecule has 4 saturated carbocycles. The van der Waals surface area contributed by atoms with Gasteiger partial charge < -0.3 is 16.0 Å². The van der Waals surface area contributed by atoms with Gasteiger partial charge in [0.05, 0.1) is 0 Å². The van der Waals surface area contributed by atoms with Gasteiger partial charge in [-0.25, -0.2) is 4.98 Å². The first-order chi connectivity index (χ1) is 12.8. The van der Waals surface area contributed by atoms with Crippen LogP contribution >= 0.6 is 0 Å². The molecular weight excluding hydrogens is 344 g/mol. The molecule has 7 heteroatoms. The summed E-state index contributed by atoms with van der Waals surface area (Å²) in [4.78, 5) is 44.0. The topological polar surface area (TPSA) is 118 Å². The Bertz CT molecular complexity index is 793. The molecule has 27 heavy (non-hydrogen) atoms. The predicted molar refractivity (Wildman–Crippen MR) is 100.0 cm³/mol. The van der Waals surface area contributed by atoms with Crippen LogP contribution in [-0.2, 0) is 10.2 Å². The van der Waals surface area contributed by atoms with E-state index in [4.69, 9.17) is 5.73 Å². The molecule has 2 amide bonds. The third-order valence-corrected chi connectivity index (χ3v) is 6.84. The van der Waals surface area contributed by atoms with Crippen molar-refractivity contribution < 1.29 is 9.59 Å². The average Bonchev–Trinajstić information content (AvgIpc) is 2.57. The molecular formula is C20H28N4O3. The minimum atomic E-state index is -0.820. The lowest BCUT2D eigenvalue weighted by Crippen LogP contribution is -2.50. The van der Waals surface area contributed by atoms with Crippen molar-refractivity contribution in [2.75, 3.05) is 0 Å². The smallest absolute Gasteiger partial charge is 0.263 e. The maximum absolute atomic E-state index is 12.6. The second-order valence-corrected chi connectivity index (χ2v) is 9.27. The van der Waals surface area contributed by atoms with E-state index in [1.165, 1.54) is 25.5 Å². The zero-order valence-electron chi connectivity index (χ0n) is 16.0. The molecule has 4 fully saturated rings. The van der Waals surface area contributed by atoms with Gasteiger partial charge in [0.25, 0.3) is 11.5 Å². The summed E-state index contributed by atoms with van der Waals surface area (Å²) in [6.07, 6.45) is 8.56. The van der Waals surface area contributed by atoms with Gasteiger partial charge in [-0.05, 0) is 62.2 Å². The number of carbonyl (C=O) groups is 2. The van der Waals surface area contributed by atoms with Crippen LogP contribution in [0.25, 0.3) is 0 Å². The largest absolute Gasteiger partial charge is 0.368 e. The van der Waals surface area contributed by atoms with E-state index in [0.717, 1.165) is 42.8 Å². The van der Waals surface area contributed by atoms with E-state index in [1.54, 1.807) is 13.8 Å². The highest BCUT2D eigenvalue weighted by Crippen LogP contribution is 2.59. The molecule has 0 saturated heterocycles. The number of primary amides is 1. The summed E-state index contributed by atoms with van der Waals surface area (Å²) in [5.41, 5.74) is 4.79. The lowest BCUT2D eigenvalue weighted by atomic mass is 9.49. The molecule has 7 nitrogen and oxygen atoms in total. The molecule has 1 aromatic rings. The molecule has 4 aliphatic rings. The van der Waals surface area contributed by atoms with Gasteiger partial charge >= 0.3 is 0 Å². The van der Waals surface area contributed by atoms with Crippen LogP contribution in [0.2, 0.25) is 0 Å². The molecule has 1 atom stereocenters. The lowest BCUT2D eigenvalue weighted by Gasteiger charge is -2.56. The first-order valence-electron chi connectivity index (χ1n) is 9.97. The van der Waals surface area contributed by atoms with Gasteiger partial charge in [-0.1, -0.05) is 13.8 Å². The Hall–Kier alpha value is -2.18. The van der Waals surface area contributed by atoms with Crippen molar-refractivity contribution in [1.82, 2.24) is 15.3 Å². The number of hydrogen-bond donors (Lipinski definition) is 3. The van der Waals surface area contributed by atoms with Crippen molar-refractivity contribution in [2.45, 2.75) is 63.8 Å². The zero-order valence-corrected chi connectivity index (χ0v) is 16.0. The van der Waals surface area contributed by atoms with Crippen LogP contribution in [0, 0.1) is 23.7 Å². The second kappa shape index (κ2) is 6.46. The Morgan fingerprint density at radius 3 is 2.19 bits per heavy atom. The van der Waals surface area contributed by atoms with E-state index in [-0.39, 0.29) is 16.9 Å². The SMILES string of the molecule is CC(C)[C@H](NC(=O)c1cnc(C23CC4CC(CC(C4)C2)C3)[nH]c1=O)C(N)=O. The minimum absolute atomic E-state index is 0.0311. The standard InChI is InChI=1S/C20H28N4O3/c1-10(2)15(16(21)25)23-17(26)14-9-22-19(24-18(14)27)20-6-11-3-12(7-20)5-13(4-11)8-20/h9-13,15H,3-8H2,1-2H3,(H2,21,25)(H,23,26)(H,22,24,27)/t11?,12?,13?,15-,20?/m0/s1. The molecule has 0 spiro atoms. The van der Waals surface area contributed by atoms with Crippen LogP contribution < -0.4 is 16.6 Å². The molecule has 0 unspecified atom stereocenters. The molecule has 1 heterocycles. The normalized spacial score (nSPS) is 32.5. The first kappa shape index (κ1) is 18.2. The number of nitrogens with two attached hydrogens (primary N) is 1. The summed E-state index contributed by atoms with van der Waals surface area (Å²) >= 11 is 0. The van der Waals surface area contributed by atoms with Crippen LogP contribution in [0.4, 0.5) is 0 Å². The van der Waals surface area contributed by atoms with Gasteiger partial charge in [-0.15, -0.1) is 0 Å². The molecule has 146 valence electrons. The molecule has 4 aliphatic carbocycles. The minimum Gasteiger partial charge on any atom is -0.368 e. The summed E-state index contributed by atoms with van der Waals surface area (Å²) in [5.74, 6) is 1.57. The first-order valence-corrected chi connectivity index (χ1v) is 9.97. The Morgan fingerprint density at radius 2 is 1.74 bits per heavy atom. The molecule has 4 N–H and O–H groups in total. The fourth-order valence-electron chi connectivity index (χ4n) is 6.01. The van der Waals surface area contributed by atoms with Crippen LogP contribution in [0.5, 0.6) is 0 Å². The van der Waals surface area contributed by atoms with E-state index in [1.807, 2.05) is 0 Å². The predicted octanol–water partition coefficient (Wildman–Crippen LogP) is 1.48. The summed E-state index contributed by atoms with van der Waals surface area (Å²) in [6, 6.07) is -0.820. The second-order valence-electron chi connectivity index (χ2n) is 9.27. The summed E-state index contributed by atoms with van der Waals surface area (Å²) in [5, 5.41) is 2.55. The van der Waals surface area contributed by atoms with Crippen molar-refractivity contribution in [3.63, 3.8) is 0 Å². The number of H-pyrrole nitrogens is 1. The number of hydrogen-bond acceptors (Lipinski definition) is 4. The quantitative estimate of drug-likeness (QED) is 0.725. The van der Waals surface area contributed by atoms with Crippen LogP contribution in [0.1, 0.15) is 68.6 Å². The van der Waals surface area contributed by atoms with E-state index in [9.17, 15) is 14.4 Å². The van der Waals surface area contributed by atoms with Crippen molar-refractivity contribution in [2.24, 2.45) is 29.4 Å². The third-order valence-electron chi connectivity index (χ3n) is 6.84. The summed E-state index contributed by atoms with van der Waals surface area (Å²) in [7, 11) is 0. The van der Waals surface area contributed by atoms with Crippen molar-refractivity contribution in [3.05, 3.63) is 27.9 Å². The number of rotatable bonds is 5. The average molecular weight is 372 g/mol. The summed E-state index contributed by atoms with van der Waals surface area (Å²) in [6.45, 7) is 3.57. The number of nitrogens with one attached hydrogen (secondary N) is 2. The maximum Gasteiger partial charge on any atom is 0.263 e. The van der Waals surface area contributed by atoms with E-state index >= 15 is 0 Å². The van der Waals surface area contributed by atoms with Crippen molar-refractivity contribution >= 4 is 11.8 Å². The highest BCUT2D eigenvalue weighted by molar-refractivity contribution is 5.96. The Kier molecular flexibility index (Phi) is 4.35. The molecule has 0 aliphatic heterocycles. The van der Waals surface area contributed by atoms with Crippen molar-refractivity contribution in [3.8, 4) is 0 Å². The van der Waals surface area contributed by atoms with Gasteiger partial charge in [0.15, 0.2) is 0 Å². The number of carbonyl (C=O) groups excluding carboxylic acids is 2. The monoisotopic (exact) mass is 372 g/mol. The van der Waals surface area contributed by atoms with Gasteiger partial charge in [0, 0.05) is 11.6 Å². The highest BCUT2D eigenvalue weighted by Gasteiger charge is 2.52. The van der Waals surface area contributed by atoms with Gasteiger partial charge in [-0.3, -0.25) is 14.4 Å². The molecule has 0 radical (unpaired) electrons. The molecule has 5 rings (SSSR count). The Balaban J connectivity index is 1.57. The zero-order chi connectivity index (χ0) is 19.3. The molecule has 4 bridgehead atoms. The Labute approximate surface area is 158 Å². The maximum atomic E-state index is 12.6. The molecule has 0 aromatic carbocycles. The third kappa shape index (κ3) is 3.17. The number of aromatic amines is 1.